The molecule has 0 saturated heterocycles. The molecule has 0 fully saturated rings. The maximum Gasteiger partial charge on any atom is 0.203 e. The molecular weight excluding hydrogens is 270 g/mol. The summed E-state index contributed by atoms with van der Waals surface area (Å²) in [5, 5.41) is 3.28. The first-order valence-electron chi connectivity index (χ1n) is 7.45. The normalized spacial score (nSPS) is 10.4. The molecular formula is C16H27NO4. The van der Waals surface area contributed by atoms with Crippen LogP contribution in [-0.4, -0.2) is 47.1 Å². The second-order valence-electron chi connectivity index (χ2n) is 4.56. The first-order valence-corrected chi connectivity index (χ1v) is 7.45. The summed E-state index contributed by atoms with van der Waals surface area (Å²) in [7, 11) is 3.24. The molecule has 0 atom stereocenters. The molecule has 0 spiro atoms. The molecule has 1 N–H and O–H groups in total. The van der Waals surface area contributed by atoms with Crippen molar-refractivity contribution in [2.24, 2.45) is 0 Å². The molecule has 5 nitrogen and oxygen atoms in total. The van der Waals surface area contributed by atoms with E-state index in [0.717, 1.165) is 32.7 Å². The highest BCUT2D eigenvalue weighted by atomic mass is 16.5. The van der Waals surface area contributed by atoms with Crippen LogP contribution in [0.25, 0.3) is 0 Å². The van der Waals surface area contributed by atoms with Crippen molar-refractivity contribution >= 4 is 0 Å². The van der Waals surface area contributed by atoms with Gasteiger partial charge < -0.3 is 24.3 Å². The van der Waals surface area contributed by atoms with Gasteiger partial charge in [-0.15, -0.1) is 0 Å². The van der Waals surface area contributed by atoms with Crippen LogP contribution in [-0.2, 0) is 4.74 Å². The third-order valence-corrected chi connectivity index (χ3v) is 2.97. The minimum absolute atomic E-state index is 0.547. The number of hydrogen-bond acceptors (Lipinski definition) is 5. The minimum atomic E-state index is 0.547. The fourth-order valence-electron chi connectivity index (χ4n) is 1.80. The SMILES string of the molecule is CCCCOCCNCCOc1c(OC)cccc1OC. The van der Waals surface area contributed by atoms with Crippen LogP contribution in [0.5, 0.6) is 17.2 Å². The lowest BCUT2D eigenvalue weighted by molar-refractivity contribution is 0.132. The summed E-state index contributed by atoms with van der Waals surface area (Å²) in [6.07, 6.45) is 2.29. The van der Waals surface area contributed by atoms with Crippen LogP contribution in [0.2, 0.25) is 0 Å². The molecule has 21 heavy (non-hydrogen) atoms. The predicted molar refractivity (Wildman–Crippen MR) is 83.6 cm³/mol. The summed E-state index contributed by atoms with van der Waals surface area (Å²) in [6, 6.07) is 5.58. The number of unbranched alkanes of at least 4 members (excludes halogenated alkanes) is 1. The Morgan fingerprint density at radius 3 is 2.24 bits per heavy atom. The van der Waals surface area contributed by atoms with Gasteiger partial charge in [0.15, 0.2) is 11.5 Å². The Morgan fingerprint density at radius 1 is 0.952 bits per heavy atom. The molecule has 0 amide bonds. The first kappa shape index (κ1) is 17.6. The van der Waals surface area contributed by atoms with Crippen molar-refractivity contribution in [2.75, 3.05) is 47.1 Å². The number of ether oxygens (including phenoxy) is 4. The Bertz CT molecular complexity index is 362. The maximum absolute atomic E-state index is 5.74. The fourth-order valence-corrected chi connectivity index (χ4v) is 1.80. The predicted octanol–water partition coefficient (Wildman–Crippen LogP) is 2.49. The van der Waals surface area contributed by atoms with E-state index in [-0.39, 0.29) is 0 Å². The lowest BCUT2D eigenvalue weighted by atomic mass is 10.3. The highest BCUT2D eigenvalue weighted by Crippen LogP contribution is 2.36. The second kappa shape index (κ2) is 11.2. The molecule has 120 valence electrons. The van der Waals surface area contributed by atoms with Gasteiger partial charge in [0.05, 0.1) is 20.8 Å². The molecule has 0 radical (unpaired) electrons. The van der Waals surface area contributed by atoms with Crippen molar-refractivity contribution in [3.8, 4) is 17.2 Å². The largest absolute Gasteiger partial charge is 0.493 e. The molecule has 0 unspecified atom stereocenters. The minimum Gasteiger partial charge on any atom is -0.493 e. The van der Waals surface area contributed by atoms with E-state index in [2.05, 4.69) is 12.2 Å². The maximum atomic E-state index is 5.74. The van der Waals surface area contributed by atoms with Crippen LogP contribution in [0, 0.1) is 0 Å². The molecule has 1 rings (SSSR count). The summed E-state index contributed by atoms with van der Waals surface area (Å²) in [4.78, 5) is 0. The van der Waals surface area contributed by atoms with Crippen LogP contribution in [0.1, 0.15) is 19.8 Å². The Hall–Kier alpha value is -1.46. The average Bonchev–Trinajstić information content (AvgIpc) is 2.53. The van der Waals surface area contributed by atoms with Gasteiger partial charge in [-0.3, -0.25) is 0 Å². The lowest BCUT2D eigenvalue weighted by Gasteiger charge is -2.14. The van der Waals surface area contributed by atoms with Crippen molar-refractivity contribution < 1.29 is 18.9 Å². The van der Waals surface area contributed by atoms with E-state index in [1.807, 2.05) is 18.2 Å². The Morgan fingerprint density at radius 2 is 1.62 bits per heavy atom. The van der Waals surface area contributed by atoms with Crippen LogP contribution < -0.4 is 19.5 Å². The van der Waals surface area contributed by atoms with E-state index in [4.69, 9.17) is 18.9 Å². The summed E-state index contributed by atoms with van der Waals surface area (Å²) in [5.41, 5.74) is 0. The smallest absolute Gasteiger partial charge is 0.203 e. The molecule has 0 aliphatic rings. The number of hydrogen-bond donors (Lipinski definition) is 1. The van der Waals surface area contributed by atoms with Gasteiger partial charge in [-0.25, -0.2) is 0 Å². The molecule has 0 bridgehead atoms. The summed E-state index contributed by atoms with van der Waals surface area (Å²) in [5.74, 6) is 2.00. The monoisotopic (exact) mass is 297 g/mol. The highest BCUT2D eigenvalue weighted by Gasteiger charge is 2.10. The van der Waals surface area contributed by atoms with E-state index in [0.29, 0.717) is 23.9 Å². The van der Waals surface area contributed by atoms with Gasteiger partial charge in [-0.2, -0.15) is 0 Å². The Labute approximate surface area is 127 Å². The molecule has 0 aromatic heterocycles. The van der Waals surface area contributed by atoms with E-state index in [9.17, 15) is 0 Å². The van der Waals surface area contributed by atoms with E-state index >= 15 is 0 Å². The average molecular weight is 297 g/mol. The number of nitrogens with one attached hydrogen (secondary N) is 1. The summed E-state index contributed by atoms with van der Waals surface area (Å²) >= 11 is 0. The molecule has 5 heteroatoms. The molecule has 0 heterocycles. The van der Waals surface area contributed by atoms with E-state index < -0.39 is 0 Å². The number of rotatable bonds is 12. The molecule has 1 aromatic carbocycles. The van der Waals surface area contributed by atoms with Gasteiger partial charge in [-0.05, 0) is 18.6 Å². The molecule has 0 aliphatic carbocycles. The Kier molecular flexibility index (Phi) is 9.40. The van der Waals surface area contributed by atoms with Crippen LogP contribution in [0.3, 0.4) is 0 Å². The number of para-hydroxylation sites is 1. The summed E-state index contributed by atoms with van der Waals surface area (Å²) in [6.45, 7) is 5.86. The molecule has 1 aromatic rings. The number of methoxy groups -OCH3 is 2. The second-order valence-corrected chi connectivity index (χ2v) is 4.56. The quantitative estimate of drug-likeness (QED) is 0.601. The zero-order chi connectivity index (χ0) is 15.3. The van der Waals surface area contributed by atoms with Gasteiger partial charge >= 0.3 is 0 Å². The summed E-state index contributed by atoms with van der Waals surface area (Å²) < 4.78 is 21.8. The van der Waals surface area contributed by atoms with Gasteiger partial charge in [-0.1, -0.05) is 19.4 Å². The first-order chi connectivity index (χ1) is 10.3. The van der Waals surface area contributed by atoms with E-state index in [1.165, 1.54) is 6.42 Å². The molecule has 0 aliphatic heterocycles. The van der Waals surface area contributed by atoms with Gasteiger partial charge in [0.25, 0.3) is 0 Å². The van der Waals surface area contributed by atoms with Crippen LogP contribution in [0.15, 0.2) is 18.2 Å². The van der Waals surface area contributed by atoms with Gasteiger partial charge in [0.2, 0.25) is 5.75 Å². The molecule has 0 saturated carbocycles. The van der Waals surface area contributed by atoms with Crippen molar-refractivity contribution in [3.63, 3.8) is 0 Å². The van der Waals surface area contributed by atoms with Crippen molar-refractivity contribution in [3.05, 3.63) is 18.2 Å². The Balaban J connectivity index is 2.20. The standard InChI is InChI=1S/C16H27NO4/c1-4-5-11-20-12-9-17-10-13-21-16-14(18-2)7-6-8-15(16)19-3/h6-8,17H,4-5,9-13H2,1-3H3. The zero-order valence-electron chi connectivity index (χ0n) is 13.3. The highest BCUT2D eigenvalue weighted by molar-refractivity contribution is 5.51. The van der Waals surface area contributed by atoms with Gasteiger partial charge in [0, 0.05) is 19.7 Å². The van der Waals surface area contributed by atoms with Gasteiger partial charge in [0.1, 0.15) is 6.61 Å². The number of benzene rings is 1. The zero-order valence-corrected chi connectivity index (χ0v) is 13.3. The van der Waals surface area contributed by atoms with Crippen molar-refractivity contribution in [2.45, 2.75) is 19.8 Å². The van der Waals surface area contributed by atoms with Crippen molar-refractivity contribution in [1.29, 1.82) is 0 Å². The van der Waals surface area contributed by atoms with E-state index in [1.54, 1.807) is 14.2 Å². The third-order valence-electron chi connectivity index (χ3n) is 2.97. The van der Waals surface area contributed by atoms with Crippen LogP contribution in [0.4, 0.5) is 0 Å². The van der Waals surface area contributed by atoms with Crippen molar-refractivity contribution in [1.82, 2.24) is 5.32 Å². The fraction of sp³-hybridized carbons (Fsp3) is 0.625. The van der Waals surface area contributed by atoms with Crippen LogP contribution >= 0.6 is 0 Å². The topological polar surface area (TPSA) is 49.0 Å². The third kappa shape index (κ3) is 6.69. The lowest BCUT2D eigenvalue weighted by Crippen LogP contribution is -2.25.